The molecular formula is C41H77NO10. The first-order valence-corrected chi connectivity index (χ1v) is 20.7. The first kappa shape index (κ1) is 48.6. The van der Waals surface area contributed by atoms with Crippen LogP contribution in [0.25, 0.3) is 0 Å². The summed E-state index contributed by atoms with van der Waals surface area (Å²) in [7, 11) is 0. The van der Waals surface area contributed by atoms with Gasteiger partial charge in [-0.1, -0.05) is 140 Å². The van der Waals surface area contributed by atoms with E-state index < -0.39 is 74.2 Å². The zero-order chi connectivity index (χ0) is 38.4. The van der Waals surface area contributed by atoms with Crippen molar-refractivity contribution in [1.29, 1.82) is 0 Å². The Labute approximate surface area is 314 Å². The highest BCUT2D eigenvalue weighted by atomic mass is 16.7. The Morgan fingerprint density at radius 2 is 1.21 bits per heavy atom. The Hall–Kier alpha value is -1.41. The topological polar surface area (TPSA) is 189 Å². The number of carbonyl (C=O) groups is 1. The third-order valence-corrected chi connectivity index (χ3v) is 10.1. The molecule has 0 radical (unpaired) electrons. The van der Waals surface area contributed by atoms with E-state index in [1.165, 1.54) is 83.5 Å². The van der Waals surface area contributed by atoms with Crippen LogP contribution in [0.15, 0.2) is 24.3 Å². The number of unbranched alkanes of at least 4 members (excludes halogenated alkanes) is 18. The van der Waals surface area contributed by atoms with Crippen LogP contribution in [0.1, 0.15) is 162 Å². The van der Waals surface area contributed by atoms with Crippen molar-refractivity contribution < 1.29 is 50.0 Å². The van der Waals surface area contributed by atoms with Crippen molar-refractivity contribution in [3.63, 3.8) is 0 Å². The molecule has 1 fully saturated rings. The average molecular weight is 744 g/mol. The number of allylic oxidation sites excluding steroid dienone is 4. The predicted octanol–water partition coefficient (Wildman–Crippen LogP) is 5.49. The summed E-state index contributed by atoms with van der Waals surface area (Å²) < 4.78 is 11.0. The quantitative estimate of drug-likeness (QED) is 0.0315. The van der Waals surface area contributed by atoms with Crippen molar-refractivity contribution in [1.82, 2.24) is 5.32 Å². The summed E-state index contributed by atoms with van der Waals surface area (Å²) in [5, 5.41) is 75.1. The molecule has 1 aliphatic heterocycles. The molecule has 1 rings (SSSR count). The molecular weight excluding hydrogens is 666 g/mol. The Morgan fingerprint density at radius 1 is 0.692 bits per heavy atom. The van der Waals surface area contributed by atoms with Crippen molar-refractivity contribution in [2.75, 3.05) is 13.2 Å². The number of hydrogen-bond donors (Lipinski definition) is 8. The molecule has 306 valence electrons. The van der Waals surface area contributed by atoms with Gasteiger partial charge in [-0.15, -0.1) is 0 Å². The minimum absolute atomic E-state index is 0.245. The summed E-state index contributed by atoms with van der Waals surface area (Å²) in [6, 6.07) is -1.18. The third-order valence-electron chi connectivity index (χ3n) is 10.1. The number of carbonyl (C=O) groups excluding carboxylic acids is 1. The Bertz CT molecular complexity index is 903. The lowest BCUT2D eigenvalue weighted by Crippen LogP contribution is -2.60. The van der Waals surface area contributed by atoms with Crippen LogP contribution >= 0.6 is 0 Å². The molecule has 52 heavy (non-hydrogen) atoms. The van der Waals surface area contributed by atoms with Crippen molar-refractivity contribution in [2.24, 2.45) is 0 Å². The van der Waals surface area contributed by atoms with Crippen LogP contribution in [-0.2, 0) is 14.3 Å². The van der Waals surface area contributed by atoms with Crippen molar-refractivity contribution in [2.45, 2.75) is 217 Å². The van der Waals surface area contributed by atoms with Gasteiger partial charge in [0.1, 0.15) is 36.6 Å². The second kappa shape index (κ2) is 31.9. The van der Waals surface area contributed by atoms with Crippen molar-refractivity contribution in [3.05, 3.63) is 24.3 Å². The van der Waals surface area contributed by atoms with Gasteiger partial charge in [0.05, 0.1) is 25.4 Å². The molecule has 0 aliphatic carbocycles. The minimum Gasteiger partial charge on any atom is -0.394 e. The number of ether oxygens (including phenoxy) is 2. The highest BCUT2D eigenvalue weighted by molar-refractivity contribution is 5.80. The molecule has 11 heteroatoms. The van der Waals surface area contributed by atoms with Gasteiger partial charge in [0, 0.05) is 0 Å². The normalized spacial score (nSPS) is 23.3. The molecule has 9 atom stereocenters. The van der Waals surface area contributed by atoms with Gasteiger partial charge in [0.15, 0.2) is 6.29 Å². The zero-order valence-electron chi connectivity index (χ0n) is 32.5. The maximum Gasteiger partial charge on any atom is 0.249 e. The van der Waals surface area contributed by atoms with Crippen LogP contribution in [0.4, 0.5) is 0 Å². The molecule has 0 aromatic heterocycles. The highest BCUT2D eigenvalue weighted by Gasteiger charge is 2.44. The summed E-state index contributed by atoms with van der Waals surface area (Å²) in [4.78, 5) is 13.0. The van der Waals surface area contributed by atoms with Gasteiger partial charge in [0.2, 0.25) is 5.91 Å². The largest absolute Gasteiger partial charge is 0.394 e. The predicted molar refractivity (Wildman–Crippen MR) is 205 cm³/mol. The lowest BCUT2D eigenvalue weighted by molar-refractivity contribution is -0.303. The number of amides is 1. The van der Waals surface area contributed by atoms with Gasteiger partial charge in [-0.3, -0.25) is 4.79 Å². The van der Waals surface area contributed by atoms with Gasteiger partial charge in [-0.25, -0.2) is 0 Å². The summed E-state index contributed by atoms with van der Waals surface area (Å²) in [5.41, 5.74) is 0. The SMILES string of the molecule is C/C=C/CC/C=C/CCCC(O)C(O)C(COC1OC(CO)C(O)C(O)C1O)NC(=O)C(O)CCCCCCCCCCCCCCCCCCC. The van der Waals surface area contributed by atoms with Crippen LogP contribution in [0.5, 0.6) is 0 Å². The minimum atomic E-state index is -1.67. The van der Waals surface area contributed by atoms with Crippen LogP contribution < -0.4 is 5.32 Å². The fraction of sp³-hybridized carbons (Fsp3) is 0.878. The van der Waals surface area contributed by atoms with E-state index in [2.05, 4.69) is 24.4 Å². The van der Waals surface area contributed by atoms with E-state index in [4.69, 9.17) is 9.47 Å². The van der Waals surface area contributed by atoms with Gasteiger partial charge < -0.3 is 50.5 Å². The van der Waals surface area contributed by atoms with Crippen LogP contribution in [0.3, 0.4) is 0 Å². The van der Waals surface area contributed by atoms with Crippen LogP contribution in [0, 0.1) is 0 Å². The number of rotatable bonds is 33. The zero-order valence-corrected chi connectivity index (χ0v) is 32.5. The monoisotopic (exact) mass is 744 g/mol. The number of aliphatic hydroxyl groups is 7. The van der Waals surface area contributed by atoms with Gasteiger partial charge >= 0.3 is 0 Å². The summed E-state index contributed by atoms with van der Waals surface area (Å²) in [6.07, 6.45) is 21.3. The van der Waals surface area contributed by atoms with E-state index in [-0.39, 0.29) is 12.8 Å². The lowest BCUT2D eigenvalue weighted by Gasteiger charge is -2.40. The van der Waals surface area contributed by atoms with E-state index in [1.807, 2.05) is 19.1 Å². The Balaban J connectivity index is 2.46. The smallest absolute Gasteiger partial charge is 0.249 e. The first-order valence-electron chi connectivity index (χ1n) is 20.7. The molecule has 0 saturated carbocycles. The van der Waals surface area contributed by atoms with E-state index in [1.54, 1.807) is 0 Å². The number of hydrogen-bond acceptors (Lipinski definition) is 10. The molecule has 0 bridgehead atoms. The van der Waals surface area contributed by atoms with E-state index in [0.29, 0.717) is 19.3 Å². The fourth-order valence-electron chi connectivity index (χ4n) is 6.58. The second-order valence-electron chi connectivity index (χ2n) is 14.7. The number of nitrogens with one attached hydrogen (secondary N) is 1. The first-order chi connectivity index (χ1) is 25.2. The van der Waals surface area contributed by atoms with Gasteiger partial charge in [-0.2, -0.15) is 0 Å². The molecule has 0 spiro atoms. The molecule has 1 amide bonds. The highest BCUT2D eigenvalue weighted by Crippen LogP contribution is 2.23. The van der Waals surface area contributed by atoms with E-state index >= 15 is 0 Å². The van der Waals surface area contributed by atoms with Crippen LogP contribution in [0.2, 0.25) is 0 Å². The van der Waals surface area contributed by atoms with Gasteiger partial charge in [-0.05, 0) is 45.4 Å². The average Bonchev–Trinajstić information content (AvgIpc) is 3.14. The lowest BCUT2D eigenvalue weighted by atomic mass is 9.98. The molecule has 0 aromatic rings. The van der Waals surface area contributed by atoms with E-state index in [0.717, 1.165) is 32.1 Å². The fourth-order valence-corrected chi connectivity index (χ4v) is 6.58. The Morgan fingerprint density at radius 3 is 1.75 bits per heavy atom. The summed E-state index contributed by atoms with van der Waals surface area (Å²) in [6.45, 7) is 3.15. The molecule has 1 aliphatic rings. The third kappa shape index (κ3) is 22.1. The second-order valence-corrected chi connectivity index (χ2v) is 14.7. The van der Waals surface area contributed by atoms with Crippen molar-refractivity contribution >= 4 is 5.91 Å². The van der Waals surface area contributed by atoms with Crippen LogP contribution in [-0.4, -0.2) is 110 Å². The summed E-state index contributed by atoms with van der Waals surface area (Å²) >= 11 is 0. The summed E-state index contributed by atoms with van der Waals surface area (Å²) in [5.74, 6) is -0.714. The number of aliphatic hydroxyl groups excluding tert-OH is 7. The molecule has 1 heterocycles. The van der Waals surface area contributed by atoms with Crippen molar-refractivity contribution in [3.8, 4) is 0 Å². The molecule has 9 unspecified atom stereocenters. The maximum absolute atomic E-state index is 13.0. The van der Waals surface area contributed by atoms with Gasteiger partial charge in [0.25, 0.3) is 0 Å². The maximum atomic E-state index is 13.0. The van der Waals surface area contributed by atoms with E-state index in [9.17, 15) is 40.5 Å². The molecule has 11 nitrogen and oxygen atoms in total. The molecule has 0 aromatic carbocycles. The Kier molecular flexibility index (Phi) is 29.8. The standard InChI is InChI=1S/C41H77NO10/c1-3-5-7-9-11-13-14-15-16-17-18-19-20-21-23-25-27-29-34(45)40(50)42-32(31-51-41-39(49)38(48)37(47)35(30-43)52-41)36(46)33(44)28-26-24-22-12-10-8-6-4-2/h4,6,12,22,32-39,41,43-49H,3,5,7-11,13-21,23-31H2,1-2H3,(H,42,50)/b6-4+,22-12+. The molecule has 1 saturated heterocycles. The molecule has 8 N–H and O–H groups in total.